The van der Waals surface area contributed by atoms with Gasteiger partial charge in [0.05, 0.1) is 22.8 Å². The summed E-state index contributed by atoms with van der Waals surface area (Å²) in [5.41, 5.74) is 2.54. The molecule has 0 saturated carbocycles. The van der Waals surface area contributed by atoms with Gasteiger partial charge in [0.2, 0.25) is 0 Å². The molecule has 2 atom stereocenters. The molecule has 1 saturated heterocycles. The van der Waals surface area contributed by atoms with E-state index in [9.17, 15) is 4.79 Å². The zero-order valence-electron chi connectivity index (χ0n) is 10.6. The van der Waals surface area contributed by atoms with Crippen LogP contribution < -0.4 is 16.0 Å². The molecule has 1 aromatic carbocycles. The monoisotopic (exact) mass is 295 g/mol. The summed E-state index contributed by atoms with van der Waals surface area (Å²) >= 11 is 6.00. The molecule has 0 bridgehead atoms. The highest BCUT2D eigenvalue weighted by Crippen LogP contribution is 2.27. The van der Waals surface area contributed by atoms with Crippen LogP contribution in [0.2, 0.25) is 5.02 Å². The molecule has 1 amide bonds. The molecular weight excluding hydrogens is 282 g/mol. The Hall–Kier alpha value is -1.81. The van der Waals surface area contributed by atoms with Crippen LogP contribution in [-0.4, -0.2) is 24.7 Å². The predicted octanol–water partition coefficient (Wildman–Crippen LogP) is 1.13. The van der Waals surface area contributed by atoms with E-state index in [1.165, 1.54) is 6.07 Å². The summed E-state index contributed by atoms with van der Waals surface area (Å²) in [6.45, 7) is 0.292. The first-order valence-corrected chi connectivity index (χ1v) is 6.50. The molecular formula is C13H14ClN3O3. The number of benzene rings is 1. The Morgan fingerprint density at radius 2 is 2.40 bits per heavy atom. The van der Waals surface area contributed by atoms with Crippen molar-refractivity contribution in [2.24, 2.45) is 5.84 Å². The lowest BCUT2D eigenvalue weighted by molar-refractivity contribution is -0.132. The first kappa shape index (κ1) is 14.6. The van der Waals surface area contributed by atoms with Crippen LogP contribution in [-0.2, 0) is 9.53 Å². The number of carbonyl (C=O) groups is 1. The molecule has 2 unspecified atom stereocenters. The number of carbonyl (C=O) groups excluding carboxylic acids is 1. The SMILES string of the molecule is N#Cc1ccc(OCC2CCC(C(=O)NN)O2)c(Cl)c1. The number of hydrogen-bond acceptors (Lipinski definition) is 5. The summed E-state index contributed by atoms with van der Waals surface area (Å²) in [5.74, 6) is 5.21. The minimum absolute atomic E-state index is 0.177. The van der Waals surface area contributed by atoms with Gasteiger partial charge in [-0.05, 0) is 31.0 Å². The van der Waals surface area contributed by atoms with E-state index in [2.05, 4.69) is 5.43 Å². The van der Waals surface area contributed by atoms with Gasteiger partial charge >= 0.3 is 0 Å². The lowest BCUT2D eigenvalue weighted by Gasteiger charge is -2.14. The summed E-state index contributed by atoms with van der Waals surface area (Å²) in [6, 6.07) is 6.80. The number of nitriles is 1. The molecule has 106 valence electrons. The Morgan fingerprint density at radius 3 is 3.05 bits per heavy atom. The lowest BCUT2D eigenvalue weighted by atomic mass is 10.2. The first-order chi connectivity index (χ1) is 9.63. The van der Waals surface area contributed by atoms with Gasteiger partial charge in [0, 0.05) is 0 Å². The highest BCUT2D eigenvalue weighted by Gasteiger charge is 2.30. The molecule has 1 heterocycles. The second-order valence-electron chi connectivity index (χ2n) is 4.40. The molecule has 20 heavy (non-hydrogen) atoms. The van der Waals surface area contributed by atoms with Crippen molar-refractivity contribution < 1.29 is 14.3 Å². The zero-order valence-corrected chi connectivity index (χ0v) is 11.4. The summed E-state index contributed by atoms with van der Waals surface area (Å²) in [7, 11) is 0. The van der Waals surface area contributed by atoms with E-state index in [0.717, 1.165) is 0 Å². The summed E-state index contributed by atoms with van der Waals surface area (Å²) < 4.78 is 11.1. The van der Waals surface area contributed by atoms with E-state index in [1.54, 1.807) is 12.1 Å². The maximum Gasteiger partial charge on any atom is 0.263 e. The molecule has 0 aromatic heterocycles. The van der Waals surface area contributed by atoms with E-state index in [4.69, 9.17) is 32.2 Å². The van der Waals surface area contributed by atoms with Gasteiger partial charge in [-0.2, -0.15) is 5.26 Å². The van der Waals surface area contributed by atoms with E-state index >= 15 is 0 Å². The van der Waals surface area contributed by atoms with Gasteiger partial charge in [-0.1, -0.05) is 11.6 Å². The Labute approximate surface area is 121 Å². The first-order valence-electron chi connectivity index (χ1n) is 6.12. The van der Waals surface area contributed by atoms with E-state index < -0.39 is 6.10 Å². The third kappa shape index (κ3) is 3.39. The van der Waals surface area contributed by atoms with Crippen LogP contribution in [0.3, 0.4) is 0 Å². The molecule has 1 fully saturated rings. The van der Waals surface area contributed by atoms with Gasteiger partial charge in [-0.25, -0.2) is 5.84 Å². The van der Waals surface area contributed by atoms with Crippen LogP contribution in [0.5, 0.6) is 5.75 Å². The van der Waals surface area contributed by atoms with E-state index in [0.29, 0.717) is 35.8 Å². The maximum absolute atomic E-state index is 11.3. The van der Waals surface area contributed by atoms with Gasteiger partial charge in [-0.15, -0.1) is 0 Å². The molecule has 0 radical (unpaired) electrons. The number of nitrogens with two attached hydrogens (primary N) is 1. The molecule has 3 N–H and O–H groups in total. The highest BCUT2D eigenvalue weighted by molar-refractivity contribution is 6.32. The van der Waals surface area contributed by atoms with Gasteiger partial charge in [0.25, 0.3) is 5.91 Å². The molecule has 1 aromatic rings. The number of rotatable bonds is 4. The molecule has 7 heteroatoms. The van der Waals surface area contributed by atoms with Crippen molar-refractivity contribution in [2.45, 2.75) is 25.0 Å². The Balaban J connectivity index is 1.88. The van der Waals surface area contributed by atoms with Crippen molar-refractivity contribution >= 4 is 17.5 Å². The van der Waals surface area contributed by atoms with Crippen molar-refractivity contribution in [1.29, 1.82) is 5.26 Å². The zero-order chi connectivity index (χ0) is 14.5. The normalized spacial score (nSPS) is 21.2. The molecule has 1 aliphatic rings. The average molecular weight is 296 g/mol. The van der Waals surface area contributed by atoms with Crippen molar-refractivity contribution in [2.75, 3.05) is 6.61 Å². The van der Waals surface area contributed by atoms with Gasteiger partial charge in [0.15, 0.2) is 0 Å². The Kier molecular flexibility index (Phi) is 4.79. The van der Waals surface area contributed by atoms with Crippen LogP contribution >= 0.6 is 11.6 Å². The van der Waals surface area contributed by atoms with Crippen molar-refractivity contribution in [3.05, 3.63) is 28.8 Å². The van der Waals surface area contributed by atoms with Crippen LogP contribution in [0.4, 0.5) is 0 Å². The average Bonchev–Trinajstić information content (AvgIpc) is 2.94. The second-order valence-corrected chi connectivity index (χ2v) is 4.81. The number of nitrogens with zero attached hydrogens (tertiary/aromatic N) is 1. The number of nitrogens with one attached hydrogen (secondary N) is 1. The van der Waals surface area contributed by atoms with E-state index in [1.807, 2.05) is 6.07 Å². The van der Waals surface area contributed by atoms with E-state index in [-0.39, 0.29) is 12.0 Å². The maximum atomic E-state index is 11.3. The van der Waals surface area contributed by atoms with Crippen molar-refractivity contribution in [3.63, 3.8) is 0 Å². The number of hydrogen-bond donors (Lipinski definition) is 2. The third-order valence-electron chi connectivity index (χ3n) is 3.03. The topological polar surface area (TPSA) is 97.4 Å². The molecule has 0 aliphatic carbocycles. The minimum Gasteiger partial charge on any atom is -0.489 e. The predicted molar refractivity (Wildman–Crippen MR) is 71.9 cm³/mol. The second kappa shape index (κ2) is 6.57. The fourth-order valence-electron chi connectivity index (χ4n) is 1.98. The smallest absolute Gasteiger partial charge is 0.263 e. The Morgan fingerprint density at radius 1 is 1.60 bits per heavy atom. The van der Waals surface area contributed by atoms with Crippen LogP contribution in [0.25, 0.3) is 0 Å². The number of hydrazine groups is 1. The van der Waals surface area contributed by atoms with Crippen LogP contribution in [0.15, 0.2) is 18.2 Å². The lowest BCUT2D eigenvalue weighted by Crippen LogP contribution is -2.39. The number of halogens is 1. The fraction of sp³-hybridized carbons (Fsp3) is 0.385. The molecule has 6 nitrogen and oxygen atoms in total. The van der Waals surface area contributed by atoms with Gasteiger partial charge in [0.1, 0.15) is 18.5 Å². The van der Waals surface area contributed by atoms with Crippen LogP contribution in [0, 0.1) is 11.3 Å². The summed E-state index contributed by atoms with van der Waals surface area (Å²) in [5, 5.41) is 9.12. The van der Waals surface area contributed by atoms with Crippen molar-refractivity contribution in [1.82, 2.24) is 5.43 Å². The molecule has 2 rings (SSSR count). The fourth-order valence-corrected chi connectivity index (χ4v) is 2.22. The number of amides is 1. The molecule has 1 aliphatic heterocycles. The summed E-state index contributed by atoms with van der Waals surface area (Å²) in [4.78, 5) is 11.3. The minimum atomic E-state index is -0.523. The van der Waals surface area contributed by atoms with Gasteiger partial charge in [-0.3, -0.25) is 10.2 Å². The van der Waals surface area contributed by atoms with Crippen LogP contribution in [0.1, 0.15) is 18.4 Å². The highest BCUT2D eigenvalue weighted by atomic mass is 35.5. The largest absolute Gasteiger partial charge is 0.489 e. The number of ether oxygens (including phenoxy) is 2. The summed E-state index contributed by atoms with van der Waals surface area (Å²) in [6.07, 6.45) is 0.624. The van der Waals surface area contributed by atoms with Crippen molar-refractivity contribution in [3.8, 4) is 11.8 Å². The quantitative estimate of drug-likeness (QED) is 0.493. The molecule has 0 spiro atoms. The van der Waals surface area contributed by atoms with Gasteiger partial charge < -0.3 is 9.47 Å². The standard InChI is InChI=1S/C13H14ClN3O3/c14-10-5-8(6-15)1-3-11(10)19-7-9-2-4-12(20-9)13(18)17-16/h1,3,5,9,12H,2,4,7,16H2,(H,17,18). The third-order valence-corrected chi connectivity index (χ3v) is 3.32. The Bertz CT molecular complexity index is 544.